The highest BCUT2D eigenvalue weighted by molar-refractivity contribution is 5.94. The molecule has 25 heavy (non-hydrogen) atoms. The number of halogens is 1. The fourth-order valence-corrected chi connectivity index (χ4v) is 2.23. The number of carbonyl (C=O) groups is 2. The Kier molecular flexibility index (Phi) is 7.10. The summed E-state index contributed by atoms with van der Waals surface area (Å²) < 4.78 is 12.8. The fourth-order valence-electron chi connectivity index (χ4n) is 2.23. The van der Waals surface area contributed by atoms with Crippen LogP contribution in [0.5, 0.6) is 0 Å². The van der Waals surface area contributed by atoms with Gasteiger partial charge in [-0.25, -0.2) is 4.39 Å². The Hall–Kier alpha value is -2.73. The van der Waals surface area contributed by atoms with E-state index in [1.54, 1.807) is 36.4 Å². The Labute approximate surface area is 146 Å². The lowest BCUT2D eigenvalue weighted by molar-refractivity contribution is -0.120. The maximum atomic E-state index is 12.8. The second kappa shape index (κ2) is 9.54. The molecule has 0 fully saturated rings. The van der Waals surface area contributed by atoms with E-state index in [4.69, 9.17) is 5.73 Å². The summed E-state index contributed by atoms with van der Waals surface area (Å²) in [4.78, 5) is 23.8. The van der Waals surface area contributed by atoms with E-state index >= 15 is 0 Å². The molecule has 2 rings (SSSR count). The van der Waals surface area contributed by atoms with Crippen LogP contribution in [0.2, 0.25) is 0 Å². The van der Waals surface area contributed by atoms with Crippen LogP contribution in [0.1, 0.15) is 27.9 Å². The van der Waals surface area contributed by atoms with Crippen molar-refractivity contribution in [1.29, 1.82) is 0 Å². The highest BCUT2D eigenvalue weighted by Crippen LogP contribution is 2.06. The summed E-state index contributed by atoms with van der Waals surface area (Å²) in [5, 5.41) is 5.59. The average Bonchev–Trinajstić information content (AvgIpc) is 2.62. The van der Waals surface area contributed by atoms with Crippen molar-refractivity contribution in [2.75, 3.05) is 13.1 Å². The predicted octanol–water partition coefficient (Wildman–Crippen LogP) is 1.76. The van der Waals surface area contributed by atoms with E-state index in [0.717, 1.165) is 17.5 Å². The summed E-state index contributed by atoms with van der Waals surface area (Å²) >= 11 is 0. The van der Waals surface area contributed by atoms with Crippen LogP contribution < -0.4 is 16.4 Å². The molecule has 4 N–H and O–H groups in total. The third-order valence-electron chi connectivity index (χ3n) is 3.65. The zero-order valence-electron chi connectivity index (χ0n) is 13.9. The average molecular weight is 343 g/mol. The number of rotatable bonds is 8. The summed E-state index contributed by atoms with van der Waals surface area (Å²) in [6.07, 6.45) is 0.936. The highest BCUT2D eigenvalue weighted by atomic mass is 19.1. The van der Waals surface area contributed by atoms with Crippen LogP contribution in [0, 0.1) is 5.82 Å². The Balaban J connectivity index is 1.79. The summed E-state index contributed by atoms with van der Waals surface area (Å²) in [5.74, 6) is -0.605. The van der Waals surface area contributed by atoms with E-state index < -0.39 is 0 Å². The van der Waals surface area contributed by atoms with Crippen LogP contribution in [0.25, 0.3) is 0 Å². The second-order valence-electron chi connectivity index (χ2n) is 5.68. The van der Waals surface area contributed by atoms with Gasteiger partial charge in [0, 0.05) is 18.7 Å². The smallest absolute Gasteiger partial charge is 0.251 e. The van der Waals surface area contributed by atoms with Gasteiger partial charge in [-0.3, -0.25) is 9.59 Å². The van der Waals surface area contributed by atoms with Gasteiger partial charge in [-0.1, -0.05) is 24.3 Å². The molecule has 0 bridgehead atoms. The lowest BCUT2D eigenvalue weighted by Gasteiger charge is -2.07. The van der Waals surface area contributed by atoms with Gasteiger partial charge in [0.25, 0.3) is 5.91 Å². The lowest BCUT2D eigenvalue weighted by atomic mass is 10.1. The van der Waals surface area contributed by atoms with E-state index in [2.05, 4.69) is 10.6 Å². The standard InChI is InChI=1S/C19H22FN3O2/c20-17-8-4-14(5-9-17)12-18(24)23-13-15-2-6-16(7-3-15)19(25)22-11-1-10-21/h2-9H,1,10-13,21H2,(H,22,25)(H,23,24). The Bertz CT molecular complexity index is 700. The maximum absolute atomic E-state index is 12.8. The SMILES string of the molecule is NCCCNC(=O)c1ccc(CNC(=O)Cc2ccc(F)cc2)cc1. The predicted molar refractivity (Wildman–Crippen MR) is 94.4 cm³/mol. The molecule has 0 aliphatic carbocycles. The summed E-state index contributed by atoms with van der Waals surface area (Å²) in [5.41, 5.74) is 7.60. The molecule has 0 saturated heterocycles. The molecule has 0 heterocycles. The molecule has 0 unspecified atom stereocenters. The molecule has 0 aromatic heterocycles. The molecule has 0 spiro atoms. The van der Waals surface area contributed by atoms with Crippen molar-refractivity contribution in [1.82, 2.24) is 10.6 Å². The molecule has 0 radical (unpaired) electrons. The molecule has 2 aromatic rings. The van der Waals surface area contributed by atoms with E-state index in [9.17, 15) is 14.0 Å². The van der Waals surface area contributed by atoms with Crippen molar-refractivity contribution in [2.24, 2.45) is 5.73 Å². The number of hydrogen-bond acceptors (Lipinski definition) is 3. The normalized spacial score (nSPS) is 10.3. The van der Waals surface area contributed by atoms with E-state index in [0.29, 0.717) is 25.2 Å². The van der Waals surface area contributed by atoms with Crippen LogP contribution in [0.4, 0.5) is 4.39 Å². The largest absolute Gasteiger partial charge is 0.352 e. The fraction of sp³-hybridized carbons (Fsp3) is 0.263. The molecule has 0 aliphatic heterocycles. The minimum absolute atomic E-state index is 0.139. The number of hydrogen-bond donors (Lipinski definition) is 3. The van der Waals surface area contributed by atoms with Crippen molar-refractivity contribution >= 4 is 11.8 Å². The van der Waals surface area contributed by atoms with Gasteiger partial charge in [0.15, 0.2) is 0 Å². The molecule has 132 valence electrons. The van der Waals surface area contributed by atoms with Crippen LogP contribution >= 0.6 is 0 Å². The second-order valence-corrected chi connectivity index (χ2v) is 5.68. The molecule has 5 nitrogen and oxygen atoms in total. The van der Waals surface area contributed by atoms with Gasteiger partial charge in [-0.2, -0.15) is 0 Å². The first-order valence-electron chi connectivity index (χ1n) is 8.17. The van der Waals surface area contributed by atoms with Crippen LogP contribution in [-0.4, -0.2) is 24.9 Å². The summed E-state index contributed by atoms with van der Waals surface area (Å²) in [7, 11) is 0. The molecule has 2 aromatic carbocycles. The molecular formula is C19H22FN3O2. The molecule has 6 heteroatoms. The van der Waals surface area contributed by atoms with Crippen LogP contribution in [-0.2, 0) is 17.8 Å². The monoisotopic (exact) mass is 343 g/mol. The maximum Gasteiger partial charge on any atom is 0.251 e. The minimum Gasteiger partial charge on any atom is -0.352 e. The number of amides is 2. The minimum atomic E-state index is -0.323. The molecule has 2 amide bonds. The topological polar surface area (TPSA) is 84.2 Å². The first-order valence-corrected chi connectivity index (χ1v) is 8.17. The van der Waals surface area contributed by atoms with Crippen molar-refractivity contribution < 1.29 is 14.0 Å². The van der Waals surface area contributed by atoms with Crippen LogP contribution in [0.15, 0.2) is 48.5 Å². The number of nitrogens with one attached hydrogen (secondary N) is 2. The molecule has 0 aliphatic rings. The number of carbonyl (C=O) groups excluding carboxylic acids is 2. The zero-order chi connectivity index (χ0) is 18.1. The Morgan fingerprint density at radius 3 is 2.20 bits per heavy atom. The van der Waals surface area contributed by atoms with Gasteiger partial charge >= 0.3 is 0 Å². The van der Waals surface area contributed by atoms with Gasteiger partial charge in [0.2, 0.25) is 5.91 Å². The third-order valence-corrected chi connectivity index (χ3v) is 3.65. The van der Waals surface area contributed by atoms with Crippen molar-refractivity contribution in [3.63, 3.8) is 0 Å². The zero-order valence-corrected chi connectivity index (χ0v) is 13.9. The Morgan fingerprint density at radius 1 is 0.920 bits per heavy atom. The van der Waals surface area contributed by atoms with Gasteiger partial charge in [0.1, 0.15) is 5.82 Å². The molecule has 0 atom stereocenters. The first kappa shape index (κ1) is 18.6. The molecule has 0 saturated carbocycles. The van der Waals surface area contributed by atoms with Gasteiger partial charge < -0.3 is 16.4 Å². The lowest BCUT2D eigenvalue weighted by Crippen LogP contribution is -2.26. The quantitative estimate of drug-likeness (QED) is 0.639. The number of nitrogens with two attached hydrogens (primary N) is 1. The summed E-state index contributed by atoms with van der Waals surface area (Å²) in [6, 6.07) is 12.9. The van der Waals surface area contributed by atoms with E-state index in [-0.39, 0.29) is 24.1 Å². The van der Waals surface area contributed by atoms with Crippen molar-refractivity contribution in [3.05, 3.63) is 71.0 Å². The Morgan fingerprint density at radius 2 is 1.56 bits per heavy atom. The molecular weight excluding hydrogens is 321 g/mol. The third kappa shape index (κ3) is 6.35. The van der Waals surface area contributed by atoms with Crippen molar-refractivity contribution in [2.45, 2.75) is 19.4 Å². The van der Waals surface area contributed by atoms with E-state index in [1.165, 1.54) is 12.1 Å². The van der Waals surface area contributed by atoms with Crippen molar-refractivity contribution in [3.8, 4) is 0 Å². The summed E-state index contributed by atoms with van der Waals surface area (Å²) in [6.45, 7) is 1.46. The highest BCUT2D eigenvalue weighted by Gasteiger charge is 2.06. The van der Waals surface area contributed by atoms with Gasteiger partial charge in [0.05, 0.1) is 6.42 Å². The van der Waals surface area contributed by atoms with E-state index in [1.807, 2.05) is 0 Å². The first-order chi connectivity index (χ1) is 12.1. The van der Waals surface area contributed by atoms with Gasteiger partial charge in [-0.05, 0) is 48.4 Å². The van der Waals surface area contributed by atoms with Gasteiger partial charge in [-0.15, -0.1) is 0 Å². The number of benzene rings is 2. The van der Waals surface area contributed by atoms with Crippen LogP contribution in [0.3, 0.4) is 0 Å².